The number of ether oxygens (including phenoxy) is 1. The van der Waals surface area contributed by atoms with Crippen molar-refractivity contribution in [3.05, 3.63) is 41.9 Å². The zero-order valence-electron chi connectivity index (χ0n) is 12.3. The van der Waals surface area contributed by atoms with Gasteiger partial charge in [-0.25, -0.2) is 13.8 Å². The third kappa shape index (κ3) is 4.46. The van der Waals surface area contributed by atoms with Crippen molar-refractivity contribution in [1.29, 1.82) is 0 Å². The highest BCUT2D eigenvalue weighted by Gasteiger charge is 2.18. The number of hydrogen-bond acceptors (Lipinski definition) is 5. The highest BCUT2D eigenvalue weighted by Crippen LogP contribution is 2.13. The SMILES string of the molecule is Cn1nccc1C(CO)NC(=O)c1ccc(OCC(F)F)nc1. The first-order valence-corrected chi connectivity index (χ1v) is 6.78. The first-order chi connectivity index (χ1) is 11.0. The summed E-state index contributed by atoms with van der Waals surface area (Å²) in [6.45, 7) is -1.06. The van der Waals surface area contributed by atoms with E-state index in [2.05, 4.69) is 15.4 Å². The largest absolute Gasteiger partial charge is 0.472 e. The lowest BCUT2D eigenvalue weighted by Crippen LogP contribution is -2.32. The van der Waals surface area contributed by atoms with Crippen LogP contribution >= 0.6 is 0 Å². The molecule has 9 heteroatoms. The molecular weight excluding hydrogens is 310 g/mol. The molecule has 2 aromatic heterocycles. The molecule has 23 heavy (non-hydrogen) atoms. The minimum Gasteiger partial charge on any atom is -0.472 e. The van der Waals surface area contributed by atoms with Gasteiger partial charge in [-0.2, -0.15) is 5.10 Å². The molecule has 0 saturated carbocycles. The topological polar surface area (TPSA) is 89.3 Å². The molecular formula is C14H16F2N4O3. The molecule has 2 N–H and O–H groups in total. The predicted octanol–water partition coefficient (Wildman–Crippen LogP) is 0.922. The number of nitrogens with one attached hydrogen (secondary N) is 1. The Kier molecular flexibility index (Phi) is 5.58. The average molecular weight is 326 g/mol. The number of aryl methyl sites for hydroxylation is 1. The second kappa shape index (κ2) is 7.63. The minimum absolute atomic E-state index is 0.00666. The smallest absolute Gasteiger partial charge is 0.272 e. The van der Waals surface area contributed by atoms with Crippen molar-refractivity contribution in [3.8, 4) is 5.88 Å². The van der Waals surface area contributed by atoms with Gasteiger partial charge >= 0.3 is 0 Å². The molecule has 1 atom stereocenters. The Morgan fingerprint density at radius 2 is 2.22 bits per heavy atom. The van der Waals surface area contributed by atoms with Crippen LogP contribution in [-0.4, -0.2) is 45.4 Å². The molecule has 2 rings (SSSR count). The van der Waals surface area contributed by atoms with Crippen molar-refractivity contribution in [1.82, 2.24) is 20.1 Å². The molecule has 0 aliphatic heterocycles. The number of carbonyl (C=O) groups excluding carboxylic acids is 1. The molecule has 0 aliphatic carbocycles. The summed E-state index contributed by atoms with van der Waals surface area (Å²) >= 11 is 0. The Morgan fingerprint density at radius 1 is 1.43 bits per heavy atom. The Labute approximate surface area is 130 Å². The van der Waals surface area contributed by atoms with E-state index in [4.69, 9.17) is 4.74 Å². The van der Waals surface area contributed by atoms with E-state index in [0.29, 0.717) is 5.69 Å². The summed E-state index contributed by atoms with van der Waals surface area (Å²) in [6.07, 6.45) is 0.179. The number of aliphatic hydroxyl groups is 1. The number of amides is 1. The van der Waals surface area contributed by atoms with Gasteiger partial charge in [0.15, 0.2) is 6.61 Å². The van der Waals surface area contributed by atoms with Gasteiger partial charge in [-0.3, -0.25) is 9.48 Å². The summed E-state index contributed by atoms with van der Waals surface area (Å²) in [7, 11) is 1.70. The fourth-order valence-corrected chi connectivity index (χ4v) is 1.93. The highest BCUT2D eigenvalue weighted by molar-refractivity contribution is 5.94. The van der Waals surface area contributed by atoms with Crippen molar-refractivity contribution in [2.75, 3.05) is 13.2 Å². The van der Waals surface area contributed by atoms with E-state index >= 15 is 0 Å². The van der Waals surface area contributed by atoms with Gasteiger partial charge in [0.2, 0.25) is 5.88 Å². The summed E-state index contributed by atoms with van der Waals surface area (Å²) < 4.78 is 30.3. The Balaban J connectivity index is 2.01. The van der Waals surface area contributed by atoms with Gasteiger partial charge in [-0.15, -0.1) is 0 Å². The average Bonchev–Trinajstić information content (AvgIpc) is 2.96. The van der Waals surface area contributed by atoms with Crippen LogP contribution in [0.15, 0.2) is 30.6 Å². The van der Waals surface area contributed by atoms with Crippen molar-refractivity contribution in [3.63, 3.8) is 0 Å². The van der Waals surface area contributed by atoms with Crippen molar-refractivity contribution in [2.45, 2.75) is 12.5 Å². The van der Waals surface area contributed by atoms with Crippen LogP contribution in [0.5, 0.6) is 5.88 Å². The zero-order valence-corrected chi connectivity index (χ0v) is 12.3. The molecule has 0 spiro atoms. The quantitative estimate of drug-likeness (QED) is 0.790. The predicted molar refractivity (Wildman–Crippen MR) is 76.2 cm³/mol. The number of pyridine rings is 1. The first kappa shape index (κ1) is 16.8. The van der Waals surface area contributed by atoms with Crippen molar-refractivity contribution in [2.24, 2.45) is 7.05 Å². The molecule has 0 radical (unpaired) electrons. The Morgan fingerprint density at radius 3 is 2.74 bits per heavy atom. The van der Waals surface area contributed by atoms with Crippen LogP contribution < -0.4 is 10.1 Å². The molecule has 0 fully saturated rings. The molecule has 0 aromatic carbocycles. The molecule has 124 valence electrons. The van der Waals surface area contributed by atoms with Crippen LogP contribution in [0.2, 0.25) is 0 Å². The van der Waals surface area contributed by atoms with Crippen LogP contribution in [0.4, 0.5) is 8.78 Å². The minimum atomic E-state index is -2.59. The molecule has 0 bridgehead atoms. The Hall–Kier alpha value is -2.55. The standard InChI is InChI=1S/C14H16F2N4O3/c1-20-11(4-5-18-20)10(7-21)19-14(22)9-2-3-13(17-6-9)23-8-12(15)16/h2-6,10,12,21H,7-8H2,1H3,(H,19,22). The van der Waals surface area contributed by atoms with Crippen LogP contribution in [0.3, 0.4) is 0 Å². The maximum Gasteiger partial charge on any atom is 0.272 e. The fourth-order valence-electron chi connectivity index (χ4n) is 1.93. The van der Waals surface area contributed by atoms with Crippen LogP contribution in [0, 0.1) is 0 Å². The number of hydrogen-bond donors (Lipinski definition) is 2. The fraction of sp³-hybridized carbons (Fsp3) is 0.357. The molecule has 1 amide bonds. The number of carbonyl (C=O) groups is 1. The second-order valence-electron chi connectivity index (χ2n) is 4.68. The van der Waals surface area contributed by atoms with Crippen molar-refractivity contribution >= 4 is 5.91 Å². The highest BCUT2D eigenvalue weighted by atomic mass is 19.3. The maximum atomic E-state index is 12.1. The van der Waals surface area contributed by atoms with E-state index in [0.717, 1.165) is 0 Å². The maximum absolute atomic E-state index is 12.1. The lowest BCUT2D eigenvalue weighted by Gasteiger charge is -2.16. The number of aromatic nitrogens is 3. The van der Waals surface area contributed by atoms with Crippen LogP contribution in [0.1, 0.15) is 22.1 Å². The van der Waals surface area contributed by atoms with E-state index in [1.807, 2.05) is 0 Å². The Bertz CT molecular complexity index is 646. The number of rotatable bonds is 7. The molecule has 0 saturated heterocycles. The van der Waals surface area contributed by atoms with Gasteiger partial charge in [0.1, 0.15) is 0 Å². The lowest BCUT2D eigenvalue weighted by molar-refractivity contribution is 0.0794. The van der Waals surface area contributed by atoms with Crippen molar-refractivity contribution < 1.29 is 23.4 Å². The van der Waals surface area contributed by atoms with E-state index in [1.54, 1.807) is 24.0 Å². The van der Waals surface area contributed by atoms with Gasteiger partial charge < -0.3 is 15.2 Å². The first-order valence-electron chi connectivity index (χ1n) is 6.78. The molecule has 2 heterocycles. The van der Waals surface area contributed by atoms with E-state index in [1.165, 1.54) is 18.3 Å². The van der Waals surface area contributed by atoms with Gasteiger partial charge in [-0.05, 0) is 12.1 Å². The third-order valence-electron chi connectivity index (χ3n) is 3.06. The second-order valence-corrected chi connectivity index (χ2v) is 4.68. The monoisotopic (exact) mass is 326 g/mol. The summed E-state index contributed by atoms with van der Waals surface area (Å²) in [5.74, 6) is -0.453. The summed E-state index contributed by atoms with van der Waals surface area (Å²) in [5, 5.41) is 16.0. The summed E-state index contributed by atoms with van der Waals surface area (Å²) in [5.41, 5.74) is 0.862. The number of halogens is 2. The van der Waals surface area contributed by atoms with Crippen LogP contribution in [-0.2, 0) is 7.05 Å². The van der Waals surface area contributed by atoms with Gasteiger partial charge in [0.25, 0.3) is 12.3 Å². The lowest BCUT2D eigenvalue weighted by atomic mass is 10.2. The summed E-state index contributed by atoms with van der Waals surface area (Å²) in [4.78, 5) is 15.9. The molecule has 2 aromatic rings. The molecule has 7 nitrogen and oxygen atoms in total. The summed E-state index contributed by atoms with van der Waals surface area (Å²) in [6, 6.07) is 3.79. The van der Waals surface area contributed by atoms with Gasteiger partial charge in [0.05, 0.1) is 23.9 Å². The third-order valence-corrected chi connectivity index (χ3v) is 3.06. The van der Waals surface area contributed by atoms with Gasteiger partial charge in [-0.1, -0.05) is 0 Å². The van der Waals surface area contributed by atoms with Crippen LogP contribution in [0.25, 0.3) is 0 Å². The van der Waals surface area contributed by atoms with Gasteiger partial charge in [0, 0.05) is 25.5 Å². The zero-order chi connectivity index (χ0) is 16.8. The van der Waals surface area contributed by atoms with E-state index in [9.17, 15) is 18.7 Å². The molecule has 0 aliphatic rings. The number of aliphatic hydroxyl groups excluding tert-OH is 1. The van der Waals surface area contributed by atoms with E-state index < -0.39 is 25.0 Å². The van der Waals surface area contributed by atoms with E-state index in [-0.39, 0.29) is 18.1 Å². The number of alkyl halides is 2. The molecule has 1 unspecified atom stereocenters. The number of nitrogens with zero attached hydrogens (tertiary/aromatic N) is 3. The normalized spacial score (nSPS) is 12.2.